The average Bonchev–Trinajstić information content (AvgIpc) is 2.43. The van der Waals surface area contributed by atoms with Gasteiger partial charge in [-0.2, -0.15) is 0 Å². The van der Waals surface area contributed by atoms with Crippen LogP contribution in [0.1, 0.15) is 59.1 Å². The molecule has 1 aromatic rings. The van der Waals surface area contributed by atoms with Gasteiger partial charge in [-0.3, -0.25) is 0 Å². The first-order valence-corrected chi connectivity index (χ1v) is 8.32. The number of rotatable bonds is 8. The Bertz CT molecular complexity index is 391. The van der Waals surface area contributed by atoms with Gasteiger partial charge in [0, 0.05) is 12.6 Å². The van der Waals surface area contributed by atoms with E-state index in [-0.39, 0.29) is 11.5 Å². The normalized spacial score (nSPS) is 15.0. The molecule has 0 aliphatic carbocycles. The topological polar surface area (TPSA) is 21.3 Å². The quantitative estimate of drug-likeness (QED) is 0.770. The molecule has 0 aromatic heterocycles. The Morgan fingerprint density at radius 1 is 1.10 bits per heavy atom. The maximum absolute atomic E-state index is 5.79. The number of nitrogens with one attached hydrogen (secondary N) is 1. The maximum atomic E-state index is 5.79. The van der Waals surface area contributed by atoms with Crippen LogP contribution in [-0.4, -0.2) is 25.3 Å². The molecule has 1 rings (SSSR count). The summed E-state index contributed by atoms with van der Waals surface area (Å²) in [6.45, 7) is 15.0. The molecule has 0 spiro atoms. The van der Waals surface area contributed by atoms with Gasteiger partial charge in [0.15, 0.2) is 0 Å². The van der Waals surface area contributed by atoms with Crippen LogP contribution < -0.4 is 5.32 Å². The Labute approximate surface area is 131 Å². The molecular formula is C19H33NO. The Morgan fingerprint density at radius 3 is 2.19 bits per heavy atom. The van der Waals surface area contributed by atoms with E-state index in [1.807, 2.05) is 0 Å². The van der Waals surface area contributed by atoms with E-state index >= 15 is 0 Å². The van der Waals surface area contributed by atoms with Crippen molar-refractivity contribution in [3.05, 3.63) is 35.4 Å². The molecule has 2 atom stereocenters. The van der Waals surface area contributed by atoms with Gasteiger partial charge in [0.05, 0.1) is 6.10 Å². The van der Waals surface area contributed by atoms with Crippen molar-refractivity contribution in [2.45, 2.75) is 71.9 Å². The second kappa shape index (κ2) is 8.55. The minimum absolute atomic E-state index is 0.219. The number of hydrogen-bond donors (Lipinski definition) is 1. The second-order valence-corrected chi connectivity index (χ2v) is 6.87. The molecule has 21 heavy (non-hydrogen) atoms. The Morgan fingerprint density at radius 2 is 1.71 bits per heavy atom. The van der Waals surface area contributed by atoms with Gasteiger partial charge in [0.1, 0.15) is 0 Å². The zero-order chi connectivity index (χ0) is 15.9. The van der Waals surface area contributed by atoms with Crippen LogP contribution in [0.3, 0.4) is 0 Å². The van der Waals surface area contributed by atoms with E-state index in [2.05, 4.69) is 71.1 Å². The molecule has 2 heteroatoms. The van der Waals surface area contributed by atoms with E-state index in [1.165, 1.54) is 11.1 Å². The highest BCUT2D eigenvalue weighted by Gasteiger charge is 2.18. The lowest BCUT2D eigenvalue weighted by Gasteiger charge is -2.26. The number of hydrogen-bond acceptors (Lipinski definition) is 2. The van der Waals surface area contributed by atoms with Crippen molar-refractivity contribution >= 4 is 0 Å². The van der Waals surface area contributed by atoms with E-state index in [9.17, 15) is 0 Å². The van der Waals surface area contributed by atoms with Crippen molar-refractivity contribution in [1.82, 2.24) is 5.32 Å². The van der Waals surface area contributed by atoms with Crippen LogP contribution in [0.4, 0.5) is 0 Å². The zero-order valence-corrected chi connectivity index (χ0v) is 14.7. The van der Waals surface area contributed by atoms with Crippen LogP contribution in [-0.2, 0) is 16.6 Å². The van der Waals surface area contributed by atoms with Gasteiger partial charge >= 0.3 is 0 Å². The van der Waals surface area contributed by atoms with Gasteiger partial charge in [-0.1, -0.05) is 52.0 Å². The van der Waals surface area contributed by atoms with Crippen LogP contribution in [0.25, 0.3) is 0 Å². The standard InChI is InChI=1S/C19H33NO/c1-7-13-20-18(15(3)21-8-2)14-16-9-11-17(12-10-16)19(4,5)6/h9-12,15,18,20H,7-8,13-14H2,1-6H3. The molecular weight excluding hydrogens is 258 g/mol. The monoisotopic (exact) mass is 291 g/mol. The first-order valence-electron chi connectivity index (χ1n) is 8.32. The Balaban J connectivity index is 2.73. The highest BCUT2D eigenvalue weighted by atomic mass is 16.5. The van der Waals surface area contributed by atoms with Crippen LogP contribution in [0, 0.1) is 0 Å². The summed E-state index contributed by atoms with van der Waals surface area (Å²) >= 11 is 0. The molecule has 2 unspecified atom stereocenters. The van der Waals surface area contributed by atoms with E-state index in [4.69, 9.17) is 4.74 Å². The molecule has 0 saturated heterocycles. The summed E-state index contributed by atoms with van der Waals surface area (Å²) in [5, 5.41) is 3.62. The van der Waals surface area contributed by atoms with E-state index in [0.717, 1.165) is 26.0 Å². The Kier molecular flexibility index (Phi) is 7.41. The van der Waals surface area contributed by atoms with E-state index < -0.39 is 0 Å². The SMILES string of the molecule is CCCNC(Cc1ccc(C(C)(C)C)cc1)C(C)OCC. The molecule has 1 aromatic carbocycles. The maximum Gasteiger partial charge on any atom is 0.0703 e. The van der Waals surface area contributed by atoms with E-state index in [1.54, 1.807) is 0 Å². The molecule has 0 amide bonds. The molecule has 0 aliphatic rings. The summed E-state index contributed by atoms with van der Waals surface area (Å²) in [7, 11) is 0. The molecule has 0 fully saturated rings. The van der Waals surface area contributed by atoms with Gasteiger partial charge in [0.2, 0.25) is 0 Å². The van der Waals surface area contributed by atoms with Gasteiger partial charge in [0.25, 0.3) is 0 Å². The first-order chi connectivity index (χ1) is 9.88. The zero-order valence-electron chi connectivity index (χ0n) is 14.7. The lowest BCUT2D eigenvalue weighted by molar-refractivity contribution is 0.0476. The third kappa shape index (κ3) is 6.19. The van der Waals surface area contributed by atoms with Crippen LogP contribution >= 0.6 is 0 Å². The first kappa shape index (κ1) is 18.2. The van der Waals surface area contributed by atoms with Gasteiger partial charge < -0.3 is 10.1 Å². The van der Waals surface area contributed by atoms with Crippen LogP contribution in [0.5, 0.6) is 0 Å². The smallest absolute Gasteiger partial charge is 0.0703 e. The summed E-state index contributed by atoms with van der Waals surface area (Å²) in [6.07, 6.45) is 2.41. The lowest BCUT2D eigenvalue weighted by Crippen LogP contribution is -2.42. The molecule has 0 radical (unpaired) electrons. The minimum Gasteiger partial charge on any atom is -0.377 e. The van der Waals surface area contributed by atoms with Crippen molar-refractivity contribution in [1.29, 1.82) is 0 Å². The van der Waals surface area contributed by atoms with Crippen molar-refractivity contribution in [2.75, 3.05) is 13.2 Å². The minimum atomic E-state index is 0.219. The predicted molar refractivity (Wildman–Crippen MR) is 92.0 cm³/mol. The molecule has 1 N–H and O–H groups in total. The van der Waals surface area contributed by atoms with E-state index in [0.29, 0.717) is 6.04 Å². The van der Waals surface area contributed by atoms with Crippen molar-refractivity contribution < 1.29 is 4.74 Å². The van der Waals surface area contributed by atoms with Crippen molar-refractivity contribution in [3.63, 3.8) is 0 Å². The van der Waals surface area contributed by atoms with Crippen LogP contribution in [0.2, 0.25) is 0 Å². The third-order valence-corrected chi connectivity index (χ3v) is 3.93. The van der Waals surface area contributed by atoms with Gasteiger partial charge in [-0.15, -0.1) is 0 Å². The van der Waals surface area contributed by atoms with Crippen LogP contribution in [0.15, 0.2) is 24.3 Å². The number of ether oxygens (including phenoxy) is 1. The third-order valence-electron chi connectivity index (χ3n) is 3.93. The highest BCUT2D eigenvalue weighted by Crippen LogP contribution is 2.22. The summed E-state index contributed by atoms with van der Waals surface area (Å²) in [4.78, 5) is 0. The fraction of sp³-hybridized carbons (Fsp3) is 0.684. The fourth-order valence-electron chi connectivity index (χ4n) is 2.51. The molecule has 0 saturated carbocycles. The summed E-state index contributed by atoms with van der Waals surface area (Å²) in [5.74, 6) is 0. The summed E-state index contributed by atoms with van der Waals surface area (Å²) < 4.78 is 5.79. The largest absolute Gasteiger partial charge is 0.377 e. The molecule has 120 valence electrons. The summed E-state index contributed by atoms with van der Waals surface area (Å²) in [6, 6.07) is 9.43. The molecule has 0 bridgehead atoms. The highest BCUT2D eigenvalue weighted by molar-refractivity contribution is 5.28. The van der Waals surface area contributed by atoms with Crippen molar-refractivity contribution in [3.8, 4) is 0 Å². The molecule has 0 heterocycles. The predicted octanol–water partition coefficient (Wildman–Crippen LogP) is 4.32. The Hall–Kier alpha value is -0.860. The average molecular weight is 291 g/mol. The summed E-state index contributed by atoms with van der Waals surface area (Å²) in [5.41, 5.74) is 2.99. The van der Waals surface area contributed by atoms with Crippen molar-refractivity contribution in [2.24, 2.45) is 0 Å². The molecule has 0 aliphatic heterocycles. The molecule has 2 nitrogen and oxygen atoms in total. The fourth-order valence-corrected chi connectivity index (χ4v) is 2.51. The second-order valence-electron chi connectivity index (χ2n) is 6.87. The number of benzene rings is 1. The van der Waals surface area contributed by atoms with Gasteiger partial charge in [-0.25, -0.2) is 0 Å². The lowest BCUT2D eigenvalue weighted by atomic mass is 9.86. The van der Waals surface area contributed by atoms with Gasteiger partial charge in [-0.05, 0) is 49.8 Å².